The van der Waals surface area contributed by atoms with Gasteiger partial charge in [0.25, 0.3) is 0 Å². The van der Waals surface area contributed by atoms with Crippen molar-refractivity contribution in [2.75, 3.05) is 0 Å². The molecule has 1 aromatic rings. The molecule has 2 heterocycles. The lowest BCUT2D eigenvalue weighted by Crippen LogP contribution is -2.42. The second-order valence-electron chi connectivity index (χ2n) is 5.76. The number of hydrogen-bond acceptors (Lipinski definition) is 5. The molecule has 1 aromatic heterocycles. The molecule has 0 bridgehead atoms. The normalized spacial score (nSPS) is 28.1. The van der Waals surface area contributed by atoms with Gasteiger partial charge in [-0.05, 0) is 25.2 Å². The molecule has 1 saturated heterocycles. The predicted octanol–water partition coefficient (Wildman–Crippen LogP) is 1.38. The third kappa shape index (κ3) is 3.24. The van der Waals surface area contributed by atoms with Crippen molar-refractivity contribution in [1.29, 1.82) is 0 Å². The molecule has 3 unspecified atom stereocenters. The van der Waals surface area contributed by atoms with Gasteiger partial charge in [0, 0.05) is 11.4 Å². The molecular formula is C14H19N3O3S. The van der Waals surface area contributed by atoms with E-state index >= 15 is 0 Å². The van der Waals surface area contributed by atoms with Gasteiger partial charge in [-0.25, -0.2) is 9.78 Å². The van der Waals surface area contributed by atoms with E-state index in [4.69, 9.17) is 5.11 Å². The van der Waals surface area contributed by atoms with E-state index in [-0.39, 0.29) is 17.6 Å². The Balaban J connectivity index is 1.51. The molecule has 21 heavy (non-hydrogen) atoms. The Bertz CT molecular complexity index is 531. The molecule has 1 amide bonds. The fraction of sp³-hybridized carbons (Fsp3) is 0.643. The quantitative estimate of drug-likeness (QED) is 0.781. The van der Waals surface area contributed by atoms with Crippen LogP contribution in [0.1, 0.15) is 47.6 Å². The predicted molar refractivity (Wildman–Crippen MR) is 78.2 cm³/mol. The Kier molecular flexibility index (Phi) is 4.21. The topological polar surface area (TPSA) is 91.3 Å². The van der Waals surface area contributed by atoms with Crippen molar-refractivity contribution in [3.8, 4) is 0 Å². The summed E-state index contributed by atoms with van der Waals surface area (Å²) < 4.78 is 0. The van der Waals surface area contributed by atoms with Crippen molar-refractivity contribution in [2.45, 2.75) is 50.7 Å². The average molecular weight is 309 g/mol. The Morgan fingerprint density at radius 1 is 1.43 bits per heavy atom. The van der Waals surface area contributed by atoms with E-state index in [1.54, 1.807) is 0 Å². The molecule has 2 aliphatic rings. The number of nitrogens with zero attached hydrogens (tertiary/aromatic N) is 1. The molecule has 6 nitrogen and oxygen atoms in total. The van der Waals surface area contributed by atoms with E-state index in [1.165, 1.54) is 42.4 Å². The van der Waals surface area contributed by atoms with Gasteiger partial charge in [0.15, 0.2) is 5.69 Å². The number of amides is 1. The molecule has 2 fully saturated rings. The van der Waals surface area contributed by atoms with Crippen molar-refractivity contribution in [3.63, 3.8) is 0 Å². The number of fused-ring (bicyclic) bond motifs is 1. The number of hydrogen-bond donors (Lipinski definition) is 3. The minimum Gasteiger partial charge on any atom is -0.476 e. The third-order valence-corrected chi connectivity index (χ3v) is 5.21. The summed E-state index contributed by atoms with van der Waals surface area (Å²) in [6, 6.07) is 0.380. The van der Waals surface area contributed by atoms with Crippen LogP contribution in [0.2, 0.25) is 0 Å². The summed E-state index contributed by atoms with van der Waals surface area (Å²) in [7, 11) is 0. The summed E-state index contributed by atoms with van der Waals surface area (Å²) in [6.07, 6.45) is 5.82. The lowest BCUT2D eigenvalue weighted by atomic mass is 9.85. The molecule has 0 radical (unpaired) electrons. The summed E-state index contributed by atoms with van der Waals surface area (Å²) in [4.78, 5) is 26.9. The SMILES string of the molecule is O=C(O)c1csc(CNC(=O)C2CC3CCCCC3N2)n1. The van der Waals surface area contributed by atoms with E-state index in [0.29, 0.717) is 23.5 Å². The standard InChI is InChI=1S/C14H19N3O3S/c18-13(10-5-8-3-1-2-4-9(8)16-10)15-6-12-17-11(7-21-12)14(19)20/h7-10,16H,1-6H2,(H,15,18)(H,19,20). The molecule has 1 aliphatic heterocycles. The van der Waals surface area contributed by atoms with Gasteiger partial charge in [-0.1, -0.05) is 12.8 Å². The van der Waals surface area contributed by atoms with Crippen LogP contribution in [0.15, 0.2) is 5.38 Å². The minimum atomic E-state index is -1.04. The summed E-state index contributed by atoms with van der Waals surface area (Å²) in [5.41, 5.74) is 0.0364. The summed E-state index contributed by atoms with van der Waals surface area (Å²) in [6.45, 7) is 0.296. The number of carbonyl (C=O) groups excluding carboxylic acids is 1. The van der Waals surface area contributed by atoms with E-state index in [0.717, 1.165) is 6.42 Å². The molecule has 3 atom stereocenters. The van der Waals surface area contributed by atoms with Gasteiger partial charge >= 0.3 is 5.97 Å². The second kappa shape index (κ2) is 6.11. The first kappa shape index (κ1) is 14.5. The van der Waals surface area contributed by atoms with Crippen LogP contribution in [0.25, 0.3) is 0 Å². The van der Waals surface area contributed by atoms with Crippen molar-refractivity contribution < 1.29 is 14.7 Å². The zero-order valence-corrected chi connectivity index (χ0v) is 12.5. The minimum absolute atomic E-state index is 0.00326. The zero-order valence-electron chi connectivity index (χ0n) is 11.7. The van der Waals surface area contributed by atoms with E-state index in [2.05, 4.69) is 15.6 Å². The lowest BCUT2D eigenvalue weighted by Gasteiger charge is -2.24. The maximum Gasteiger partial charge on any atom is 0.355 e. The first-order valence-corrected chi connectivity index (χ1v) is 8.23. The van der Waals surface area contributed by atoms with Crippen LogP contribution < -0.4 is 10.6 Å². The van der Waals surface area contributed by atoms with Gasteiger partial charge < -0.3 is 15.7 Å². The van der Waals surface area contributed by atoms with Gasteiger partial charge in [-0.3, -0.25) is 4.79 Å². The highest BCUT2D eigenvalue weighted by atomic mass is 32.1. The molecule has 0 aromatic carbocycles. The maximum atomic E-state index is 12.2. The van der Waals surface area contributed by atoms with Crippen LogP contribution in [0.5, 0.6) is 0 Å². The third-order valence-electron chi connectivity index (χ3n) is 4.36. The van der Waals surface area contributed by atoms with Crippen LogP contribution >= 0.6 is 11.3 Å². The molecule has 3 N–H and O–H groups in total. The molecule has 1 saturated carbocycles. The van der Waals surface area contributed by atoms with Gasteiger partial charge in [0.2, 0.25) is 5.91 Å². The molecule has 1 aliphatic carbocycles. The highest BCUT2D eigenvalue weighted by Gasteiger charge is 2.38. The van der Waals surface area contributed by atoms with Crippen LogP contribution in [0.3, 0.4) is 0 Å². The van der Waals surface area contributed by atoms with E-state index < -0.39 is 5.97 Å². The fourth-order valence-electron chi connectivity index (χ4n) is 3.30. The lowest BCUT2D eigenvalue weighted by molar-refractivity contribution is -0.123. The highest BCUT2D eigenvalue weighted by Crippen LogP contribution is 2.33. The van der Waals surface area contributed by atoms with Gasteiger partial charge in [0.1, 0.15) is 5.01 Å². The Hall–Kier alpha value is -1.47. The average Bonchev–Trinajstić information content (AvgIpc) is 3.11. The van der Waals surface area contributed by atoms with Gasteiger partial charge in [-0.15, -0.1) is 11.3 Å². The van der Waals surface area contributed by atoms with Crippen molar-refractivity contribution in [1.82, 2.24) is 15.6 Å². The first-order chi connectivity index (χ1) is 10.1. The number of carbonyl (C=O) groups is 2. The highest BCUT2D eigenvalue weighted by molar-refractivity contribution is 7.09. The Morgan fingerprint density at radius 2 is 2.24 bits per heavy atom. The number of nitrogens with one attached hydrogen (secondary N) is 2. The Morgan fingerprint density at radius 3 is 2.95 bits per heavy atom. The summed E-state index contributed by atoms with van der Waals surface area (Å²) >= 11 is 1.26. The smallest absolute Gasteiger partial charge is 0.355 e. The zero-order chi connectivity index (χ0) is 14.8. The number of rotatable bonds is 4. The summed E-state index contributed by atoms with van der Waals surface area (Å²) in [5, 5.41) is 17.2. The van der Waals surface area contributed by atoms with Crippen molar-refractivity contribution in [2.24, 2.45) is 5.92 Å². The van der Waals surface area contributed by atoms with Crippen LogP contribution in [0, 0.1) is 5.92 Å². The number of aromatic carboxylic acids is 1. The van der Waals surface area contributed by atoms with Gasteiger partial charge in [0.05, 0.1) is 12.6 Å². The Labute approximate surface area is 127 Å². The molecule has 7 heteroatoms. The van der Waals surface area contributed by atoms with Crippen molar-refractivity contribution in [3.05, 3.63) is 16.1 Å². The molecule has 114 valence electrons. The van der Waals surface area contributed by atoms with E-state index in [9.17, 15) is 9.59 Å². The second-order valence-corrected chi connectivity index (χ2v) is 6.70. The summed E-state index contributed by atoms with van der Waals surface area (Å²) in [5.74, 6) is -0.408. The molecular weight excluding hydrogens is 290 g/mol. The van der Waals surface area contributed by atoms with Crippen LogP contribution in [-0.4, -0.2) is 34.1 Å². The fourth-order valence-corrected chi connectivity index (χ4v) is 4.01. The number of thiazole rings is 1. The molecule has 3 rings (SSSR count). The number of aromatic nitrogens is 1. The number of carboxylic acids is 1. The number of carboxylic acid groups (broad SMARTS) is 1. The van der Waals surface area contributed by atoms with E-state index in [1.807, 2.05) is 0 Å². The molecule has 0 spiro atoms. The monoisotopic (exact) mass is 309 g/mol. The van der Waals surface area contributed by atoms with Gasteiger partial charge in [-0.2, -0.15) is 0 Å². The largest absolute Gasteiger partial charge is 0.476 e. The first-order valence-electron chi connectivity index (χ1n) is 7.35. The van der Waals surface area contributed by atoms with Crippen LogP contribution in [-0.2, 0) is 11.3 Å². The van der Waals surface area contributed by atoms with Crippen LogP contribution in [0.4, 0.5) is 0 Å². The maximum absolute atomic E-state index is 12.2. The van der Waals surface area contributed by atoms with Crippen molar-refractivity contribution >= 4 is 23.2 Å².